The number of ether oxygens (including phenoxy) is 2. The first-order valence-corrected chi connectivity index (χ1v) is 10.1. The number of sulfonamides is 1. The molecule has 0 bridgehead atoms. The molecule has 0 radical (unpaired) electrons. The lowest BCUT2D eigenvalue weighted by atomic mass is 10.2. The number of rotatable bonds is 6. The molecule has 3 rings (SSSR count). The van der Waals surface area contributed by atoms with Gasteiger partial charge in [-0.3, -0.25) is 4.79 Å². The minimum absolute atomic E-state index is 0.143. The Morgan fingerprint density at radius 1 is 1.32 bits per heavy atom. The van der Waals surface area contributed by atoms with E-state index in [2.05, 4.69) is 10.3 Å². The predicted octanol–water partition coefficient (Wildman–Crippen LogP) is 1.89. The number of benzene rings is 1. The fourth-order valence-corrected chi connectivity index (χ4v) is 4.22. The van der Waals surface area contributed by atoms with E-state index in [0.29, 0.717) is 6.61 Å². The fourth-order valence-electron chi connectivity index (χ4n) is 2.72. The Hall–Kier alpha value is -2.56. The third kappa shape index (κ3) is 4.29. The Morgan fingerprint density at radius 2 is 2.07 bits per heavy atom. The Kier molecular flexibility index (Phi) is 6.22. The van der Waals surface area contributed by atoms with Crippen LogP contribution in [-0.2, 0) is 14.8 Å². The number of aromatic nitrogens is 1. The largest absolute Gasteiger partial charge is 0.477 e. The summed E-state index contributed by atoms with van der Waals surface area (Å²) in [6, 6.07) is 6.52. The van der Waals surface area contributed by atoms with Crippen molar-refractivity contribution in [2.75, 3.05) is 38.2 Å². The lowest BCUT2D eigenvalue weighted by Gasteiger charge is -2.26. The van der Waals surface area contributed by atoms with Crippen LogP contribution in [0.25, 0.3) is 0 Å². The van der Waals surface area contributed by atoms with E-state index in [1.807, 2.05) is 0 Å². The van der Waals surface area contributed by atoms with Gasteiger partial charge in [0.15, 0.2) is 0 Å². The van der Waals surface area contributed by atoms with Gasteiger partial charge in [0, 0.05) is 25.0 Å². The van der Waals surface area contributed by atoms with Gasteiger partial charge in [-0.2, -0.15) is 4.31 Å². The van der Waals surface area contributed by atoms with Gasteiger partial charge < -0.3 is 14.8 Å². The zero-order chi connectivity index (χ0) is 20.1. The predicted molar refractivity (Wildman–Crippen MR) is 99.3 cm³/mol. The molecule has 1 aliphatic rings. The van der Waals surface area contributed by atoms with Gasteiger partial charge in [-0.05, 0) is 37.3 Å². The van der Waals surface area contributed by atoms with Crippen LogP contribution in [0.1, 0.15) is 17.3 Å². The summed E-state index contributed by atoms with van der Waals surface area (Å²) in [7, 11) is -4.04. The molecule has 150 valence electrons. The molecule has 1 fully saturated rings. The van der Waals surface area contributed by atoms with Gasteiger partial charge in [0.2, 0.25) is 15.9 Å². The Bertz CT molecular complexity index is 961. The van der Waals surface area contributed by atoms with Crippen molar-refractivity contribution in [3.8, 4) is 5.88 Å². The van der Waals surface area contributed by atoms with Crippen molar-refractivity contribution in [3.05, 3.63) is 47.9 Å². The third-order valence-electron chi connectivity index (χ3n) is 4.07. The second-order valence-corrected chi connectivity index (χ2v) is 7.81. The summed E-state index contributed by atoms with van der Waals surface area (Å²) in [5, 5.41) is 2.57. The maximum atomic E-state index is 14.3. The number of carbonyl (C=O) groups excluding carboxylic acids is 1. The summed E-state index contributed by atoms with van der Waals surface area (Å²) in [4.78, 5) is 16.1. The lowest BCUT2D eigenvalue weighted by Crippen LogP contribution is -2.40. The van der Waals surface area contributed by atoms with Crippen LogP contribution >= 0.6 is 0 Å². The summed E-state index contributed by atoms with van der Waals surface area (Å²) >= 11 is 0. The number of morpholine rings is 1. The van der Waals surface area contributed by atoms with Gasteiger partial charge in [0.05, 0.1) is 19.8 Å². The van der Waals surface area contributed by atoms with E-state index in [1.165, 1.54) is 18.3 Å². The van der Waals surface area contributed by atoms with Crippen molar-refractivity contribution < 1.29 is 27.1 Å². The van der Waals surface area contributed by atoms with E-state index in [1.54, 1.807) is 13.0 Å². The Labute approximate surface area is 162 Å². The number of hydrogen-bond acceptors (Lipinski definition) is 6. The van der Waals surface area contributed by atoms with E-state index in [9.17, 15) is 17.6 Å². The standard InChI is InChI=1S/C18H20FN3O5S/c1-2-27-18-14(4-3-7-20-18)17(23)21-13-5-6-15(19)16(12-13)28(24,25)22-8-10-26-11-9-22/h3-7,12H,2,8-11H2,1H3,(H,21,23). The first-order valence-electron chi connectivity index (χ1n) is 8.70. The smallest absolute Gasteiger partial charge is 0.261 e. The number of amides is 1. The van der Waals surface area contributed by atoms with Gasteiger partial charge in [-0.1, -0.05) is 0 Å². The maximum absolute atomic E-state index is 14.3. The summed E-state index contributed by atoms with van der Waals surface area (Å²) in [5.41, 5.74) is 0.329. The quantitative estimate of drug-likeness (QED) is 0.783. The molecule has 2 heterocycles. The Morgan fingerprint density at radius 3 is 2.79 bits per heavy atom. The van der Waals surface area contributed by atoms with Crippen LogP contribution in [0.15, 0.2) is 41.4 Å². The molecule has 0 atom stereocenters. The summed E-state index contributed by atoms with van der Waals surface area (Å²) in [6.07, 6.45) is 1.49. The molecule has 1 aliphatic heterocycles. The summed E-state index contributed by atoms with van der Waals surface area (Å²) < 4.78 is 51.4. The van der Waals surface area contributed by atoms with Crippen LogP contribution in [0.2, 0.25) is 0 Å². The minimum Gasteiger partial charge on any atom is -0.477 e. The number of halogens is 1. The average molecular weight is 409 g/mol. The zero-order valence-corrected chi connectivity index (χ0v) is 16.0. The highest BCUT2D eigenvalue weighted by atomic mass is 32.2. The monoisotopic (exact) mass is 409 g/mol. The molecule has 8 nitrogen and oxygen atoms in total. The number of anilines is 1. The summed E-state index contributed by atoms with van der Waals surface area (Å²) in [6.45, 7) is 2.88. The SMILES string of the molecule is CCOc1ncccc1C(=O)Nc1ccc(F)c(S(=O)(=O)N2CCOCC2)c1. The number of nitrogens with one attached hydrogen (secondary N) is 1. The molecule has 1 amide bonds. The van der Waals surface area contributed by atoms with Crippen LogP contribution in [0.3, 0.4) is 0 Å². The zero-order valence-electron chi connectivity index (χ0n) is 15.2. The van der Waals surface area contributed by atoms with Crippen molar-refractivity contribution in [2.24, 2.45) is 0 Å². The van der Waals surface area contributed by atoms with E-state index in [0.717, 1.165) is 16.4 Å². The normalized spacial score (nSPS) is 15.2. The van der Waals surface area contributed by atoms with Crippen LogP contribution in [0.4, 0.5) is 10.1 Å². The van der Waals surface area contributed by atoms with Crippen LogP contribution < -0.4 is 10.1 Å². The molecule has 28 heavy (non-hydrogen) atoms. The highest BCUT2D eigenvalue weighted by molar-refractivity contribution is 7.89. The van der Waals surface area contributed by atoms with Crippen LogP contribution in [-0.4, -0.2) is 56.5 Å². The van der Waals surface area contributed by atoms with E-state index >= 15 is 0 Å². The second kappa shape index (κ2) is 8.63. The highest BCUT2D eigenvalue weighted by Crippen LogP contribution is 2.25. The first kappa shape index (κ1) is 20.2. The third-order valence-corrected chi connectivity index (χ3v) is 5.99. The number of carbonyl (C=O) groups is 1. The number of pyridine rings is 1. The van der Waals surface area contributed by atoms with Gasteiger partial charge in [-0.25, -0.2) is 17.8 Å². The molecule has 1 N–H and O–H groups in total. The number of nitrogens with zero attached hydrogens (tertiary/aromatic N) is 2. The molecule has 0 saturated carbocycles. The van der Waals surface area contributed by atoms with E-state index < -0.39 is 26.6 Å². The van der Waals surface area contributed by atoms with E-state index in [4.69, 9.17) is 9.47 Å². The molecule has 10 heteroatoms. The molecule has 2 aromatic rings. The molecule has 0 unspecified atom stereocenters. The van der Waals surface area contributed by atoms with Gasteiger partial charge in [-0.15, -0.1) is 0 Å². The number of hydrogen-bond donors (Lipinski definition) is 1. The van der Waals surface area contributed by atoms with Gasteiger partial charge >= 0.3 is 0 Å². The maximum Gasteiger partial charge on any atom is 0.261 e. The van der Waals surface area contributed by atoms with Crippen molar-refractivity contribution in [1.82, 2.24) is 9.29 Å². The first-order chi connectivity index (χ1) is 13.4. The molecule has 1 aromatic carbocycles. The van der Waals surface area contributed by atoms with Crippen molar-refractivity contribution >= 4 is 21.6 Å². The molecule has 0 spiro atoms. The fraction of sp³-hybridized carbons (Fsp3) is 0.333. The average Bonchev–Trinajstić information content (AvgIpc) is 2.70. The van der Waals surface area contributed by atoms with E-state index in [-0.39, 0.29) is 43.4 Å². The molecule has 1 aromatic heterocycles. The second-order valence-electron chi connectivity index (χ2n) is 5.90. The van der Waals surface area contributed by atoms with Gasteiger partial charge in [0.1, 0.15) is 16.3 Å². The Balaban J connectivity index is 1.87. The lowest BCUT2D eigenvalue weighted by molar-refractivity contribution is 0.0729. The molecule has 1 saturated heterocycles. The minimum atomic E-state index is -4.04. The highest BCUT2D eigenvalue weighted by Gasteiger charge is 2.29. The van der Waals surface area contributed by atoms with Crippen LogP contribution in [0.5, 0.6) is 5.88 Å². The molecule has 0 aliphatic carbocycles. The van der Waals surface area contributed by atoms with Crippen molar-refractivity contribution in [2.45, 2.75) is 11.8 Å². The van der Waals surface area contributed by atoms with Gasteiger partial charge in [0.25, 0.3) is 5.91 Å². The van der Waals surface area contributed by atoms with Crippen molar-refractivity contribution in [1.29, 1.82) is 0 Å². The molecular formula is C18H20FN3O5S. The topological polar surface area (TPSA) is 97.8 Å². The van der Waals surface area contributed by atoms with Crippen LogP contribution in [0, 0.1) is 5.82 Å². The summed E-state index contributed by atoms with van der Waals surface area (Å²) in [5.74, 6) is -1.27. The van der Waals surface area contributed by atoms with Crippen molar-refractivity contribution in [3.63, 3.8) is 0 Å². The molecular weight excluding hydrogens is 389 g/mol.